The van der Waals surface area contributed by atoms with Crippen LogP contribution >= 0.6 is 29.6 Å². The van der Waals surface area contributed by atoms with Gasteiger partial charge >= 0.3 is 30.0 Å². The van der Waals surface area contributed by atoms with Crippen LogP contribution < -0.4 is 0 Å². The van der Waals surface area contributed by atoms with Crippen molar-refractivity contribution in [2.75, 3.05) is 0 Å². The summed E-state index contributed by atoms with van der Waals surface area (Å²) in [5.41, 5.74) is 11.7. The average molecular weight is 806 g/mol. The third kappa shape index (κ3) is 11.1. The van der Waals surface area contributed by atoms with Crippen molar-refractivity contribution in [2.45, 2.75) is 80.1 Å². The Bertz CT molecular complexity index is 1930. The fraction of sp³-hybridized carbons (Fsp3) is 0.300. The fourth-order valence-electron chi connectivity index (χ4n) is 5.00. The van der Waals surface area contributed by atoms with E-state index in [1.807, 2.05) is 45.2 Å². The van der Waals surface area contributed by atoms with E-state index in [1.54, 1.807) is 6.20 Å². The Kier molecular flexibility index (Phi) is 14.0. The van der Waals surface area contributed by atoms with Gasteiger partial charge < -0.3 is 4.98 Å². The van der Waals surface area contributed by atoms with Crippen LogP contribution in [0, 0.1) is 33.9 Å². The van der Waals surface area contributed by atoms with Gasteiger partial charge in [0.05, 0.1) is 16.7 Å². The number of benzene rings is 2. The van der Waals surface area contributed by atoms with Crippen molar-refractivity contribution in [3.05, 3.63) is 130 Å². The zero-order chi connectivity index (χ0) is 34.9. The van der Waals surface area contributed by atoms with Crippen LogP contribution in [0.4, 0.5) is 0 Å². The van der Waals surface area contributed by atoms with Crippen LogP contribution in [-0.2, 0) is 27.2 Å². The summed E-state index contributed by atoms with van der Waals surface area (Å²) in [5, 5.41) is 2.38. The molecule has 0 atom stereocenters. The van der Waals surface area contributed by atoms with Gasteiger partial charge in [-0.1, -0.05) is 88.9 Å². The Morgan fingerprint density at radius 3 is 1.62 bits per heavy atom. The zero-order valence-electron chi connectivity index (χ0n) is 29.3. The van der Waals surface area contributed by atoms with Crippen LogP contribution in [-0.4, -0.2) is 19.9 Å². The molecule has 0 fully saturated rings. The number of hydrogen-bond acceptors (Lipinski definition) is 4. The Morgan fingerprint density at radius 2 is 1.15 bits per heavy atom. The van der Waals surface area contributed by atoms with Gasteiger partial charge in [-0.2, -0.15) is 17.7 Å². The first-order valence-electron chi connectivity index (χ1n) is 15.6. The molecule has 0 radical (unpaired) electrons. The van der Waals surface area contributed by atoms with Gasteiger partial charge in [0.2, 0.25) is 0 Å². The summed E-state index contributed by atoms with van der Waals surface area (Å²) in [5.74, 6) is 0. The van der Waals surface area contributed by atoms with E-state index in [4.69, 9.17) is 4.98 Å². The Balaban J connectivity index is 0.000000209. The molecule has 6 rings (SSSR count). The van der Waals surface area contributed by atoms with Crippen molar-refractivity contribution in [3.8, 4) is 11.3 Å². The van der Waals surface area contributed by atoms with Crippen molar-refractivity contribution in [1.82, 2.24) is 19.9 Å². The molecule has 0 aliphatic heterocycles. The number of aryl methyl sites for hydroxylation is 4. The van der Waals surface area contributed by atoms with E-state index in [-0.39, 0.29) is 10.8 Å². The molecule has 4 nitrogen and oxygen atoms in total. The van der Waals surface area contributed by atoms with Crippen LogP contribution in [0.5, 0.6) is 0 Å². The standard InChI is InChI=1S/C20H22N2.C14H16BrN.C6H6N.BrH.Zn/c1-13-8-9-21-18(10-13)16-11-15-7-6-14(2)22-19(15)17(12-16)20(3,4)5;1-9-5-6-10-7-11(15)8-12(13(10)16-9)14(2,3)4;1-6-2-4-7-5-3-6;;/h6-12H,1-5H3;5-8H,1-4H3;2-4H,1H3;1H;/q;;-1;;+2/p-1. The molecule has 0 saturated heterocycles. The quantitative estimate of drug-likeness (QED) is 0.123. The predicted octanol–water partition coefficient (Wildman–Crippen LogP) is 11.8. The summed E-state index contributed by atoms with van der Waals surface area (Å²) in [4.78, 5) is 17.7. The second kappa shape index (κ2) is 17.0. The van der Waals surface area contributed by atoms with Gasteiger partial charge in [-0.15, -0.1) is 0 Å². The van der Waals surface area contributed by atoms with Gasteiger partial charge in [0.15, 0.2) is 0 Å². The summed E-state index contributed by atoms with van der Waals surface area (Å²) in [6, 6.07) is 25.1. The number of rotatable bonds is 1. The molecule has 0 unspecified atom stereocenters. The molecule has 7 heteroatoms. The number of nitrogens with zero attached hydrogens (tertiary/aromatic N) is 4. The van der Waals surface area contributed by atoms with E-state index in [0.29, 0.717) is 0 Å². The summed E-state index contributed by atoms with van der Waals surface area (Å²) < 4.78 is 1.12. The molecule has 0 spiro atoms. The van der Waals surface area contributed by atoms with Crippen LogP contribution in [0.15, 0.2) is 89.7 Å². The number of aromatic nitrogens is 4. The van der Waals surface area contributed by atoms with E-state index in [1.165, 1.54) is 49.4 Å². The number of halogens is 2. The Morgan fingerprint density at radius 1 is 0.617 bits per heavy atom. The minimum absolute atomic E-state index is 0.0406. The molecule has 240 valence electrons. The van der Waals surface area contributed by atoms with Gasteiger partial charge in [0, 0.05) is 38.4 Å². The molecule has 6 aromatic rings. The monoisotopic (exact) mass is 802 g/mol. The first-order chi connectivity index (χ1) is 22.1. The van der Waals surface area contributed by atoms with Gasteiger partial charge in [-0.3, -0.25) is 15.0 Å². The zero-order valence-corrected chi connectivity index (χ0v) is 35.5. The first kappa shape index (κ1) is 38.6. The minimum atomic E-state index is 0.0406. The summed E-state index contributed by atoms with van der Waals surface area (Å²) >= 11 is 7.82. The molecule has 0 saturated carbocycles. The number of hydrogen-bond donors (Lipinski definition) is 0. The normalized spacial score (nSPS) is 11.1. The van der Waals surface area contributed by atoms with Gasteiger partial charge in [-0.25, -0.2) is 0 Å². The molecular formula is C40H44Br2N4Zn. The number of fused-ring (bicyclic) bond motifs is 2. The van der Waals surface area contributed by atoms with E-state index in [0.717, 1.165) is 38.2 Å². The van der Waals surface area contributed by atoms with E-state index >= 15 is 0 Å². The maximum atomic E-state index is 4.77. The summed E-state index contributed by atoms with van der Waals surface area (Å²) in [6.07, 6.45) is 6.32. The second-order valence-corrected chi connectivity index (χ2v) is 14.6. The average Bonchev–Trinajstić information content (AvgIpc) is 3.01. The third-order valence-corrected chi connectivity index (χ3v) is 7.89. The molecule has 0 N–H and O–H groups in total. The van der Waals surface area contributed by atoms with Crippen molar-refractivity contribution >= 4 is 51.4 Å². The fourth-order valence-corrected chi connectivity index (χ4v) is 5.47. The second-order valence-electron chi connectivity index (χ2n) is 13.7. The maximum absolute atomic E-state index is 4.77. The van der Waals surface area contributed by atoms with Crippen molar-refractivity contribution in [1.29, 1.82) is 0 Å². The van der Waals surface area contributed by atoms with Gasteiger partial charge in [0.25, 0.3) is 0 Å². The Hall–Kier alpha value is -2.86. The molecule has 4 aromatic heterocycles. The van der Waals surface area contributed by atoms with Crippen LogP contribution in [0.2, 0.25) is 0 Å². The molecule has 0 bridgehead atoms. The molecule has 0 aliphatic carbocycles. The van der Waals surface area contributed by atoms with E-state index in [2.05, 4.69) is 154 Å². The van der Waals surface area contributed by atoms with Crippen molar-refractivity contribution < 1.29 is 16.3 Å². The molecule has 0 aliphatic rings. The Labute approximate surface area is 306 Å². The van der Waals surface area contributed by atoms with E-state index in [9.17, 15) is 0 Å². The molecule has 4 heterocycles. The topological polar surface area (TPSA) is 51.6 Å². The summed E-state index contributed by atoms with van der Waals surface area (Å²) in [6.45, 7) is 21.6. The van der Waals surface area contributed by atoms with Crippen LogP contribution in [0.25, 0.3) is 33.1 Å². The summed E-state index contributed by atoms with van der Waals surface area (Å²) in [7, 11) is 0. The predicted molar refractivity (Wildman–Crippen MR) is 203 cm³/mol. The molecule has 0 amide bonds. The van der Waals surface area contributed by atoms with Gasteiger partial charge in [0.1, 0.15) is 0 Å². The van der Waals surface area contributed by atoms with E-state index < -0.39 is 0 Å². The molecular weight excluding hydrogens is 762 g/mol. The SMILES string of the molecule is Cc1c[c-]ncc1.Cc1ccc2cc(Br)cc(C(C)(C)C)c2n1.Cc1ccnc(-c2cc(C(C)(C)C)c3nc(C)ccc3c2)c1.[Zn+][Br]. The molecule has 2 aromatic carbocycles. The van der Waals surface area contributed by atoms with Crippen molar-refractivity contribution in [3.63, 3.8) is 0 Å². The van der Waals surface area contributed by atoms with Gasteiger partial charge in [-0.05, 0) is 96.8 Å². The first-order valence-corrected chi connectivity index (χ1v) is 23.3. The number of pyridine rings is 4. The van der Waals surface area contributed by atoms with Crippen molar-refractivity contribution in [2.24, 2.45) is 0 Å². The van der Waals surface area contributed by atoms with Crippen LogP contribution in [0.1, 0.15) is 75.2 Å². The van der Waals surface area contributed by atoms with Crippen LogP contribution in [0.3, 0.4) is 0 Å². The third-order valence-electron chi connectivity index (χ3n) is 7.43. The molecule has 47 heavy (non-hydrogen) atoms.